The fourth-order valence-electron chi connectivity index (χ4n) is 0.884. The Morgan fingerprint density at radius 3 is 1.92 bits per heavy atom. The summed E-state index contributed by atoms with van der Waals surface area (Å²) in [6.07, 6.45) is 0. The van der Waals surface area contributed by atoms with Crippen LogP contribution in [0, 0.1) is 29.7 Å². The fraction of sp³-hybridized carbons (Fsp3) is 0.167. The van der Waals surface area contributed by atoms with Gasteiger partial charge in [0.05, 0.1) is 0 Å². The van der Waals surface area contributed by atoms with Crippen molar-refractivity contribution in [2.75, 3.05) is 0 Å². The Morgan fingerprint density at radius 2 is 1.50 bits per heavy atom. The van der Waals surface area contributed by atoms with Gasteiger partial charge in [-0.15, -0.1) is 11.8 Å². The van der Waals surface area contributed by atoms with Crippen molar-refractivity contribution in [1.29, 1.82) is 0 Å². The molecule has 0 heterocycles. The predicted octanol–water partition coefficient (Wildman–Crippen LogP) is 2.23. The molecule has 57 valence electrons. The number of hydrogen-bond acceptors (Lipinski definition) is 0. The van der Waals surface area contributed by atoms with Crippen LogP contribution in [0.4, 0.5) is 0 Å². The van der Waals surface area contributed by atoms with Crippen LogP contribution in [0.2, 0.25) is 0 Å². The Labute approximate surface area is 73.6 Å². The van der Waals surface area contributed by atoms with Gasteiger partial charge in [0, 0.05) is 17.2 Å². The normalized spacial score (nSPS) is 7.50. The molecule has 0 saturated heterocycles. The summed E-state index contributed by atoms with van der Waals surface area (Å²) in [7, 11) is 0. The number of hydrogen-bond donors (Lipinski definition) is 0. The molecule has 0 atom stereocenters. The summed E-state index contributed by atoms with van der Waals surface area (Å²) in [5.41, 5.74) is 1.80. The third-order valence-corrected chi connectivity index (χ3v) is 1.31. The Hall–Kier alpha value is -1.66. The smallest absolute Gasteiger partial charge is 0.0337 e. The molecule has 0 bridgehead atoms. The van der Waals surface area contributed by atoms with E-state index in [2.05, 4.69) is 29.7 Å². The zero-order valence-corrected chi connectivity index (χ0v) is 7.23. The molecule has 1 radical (unpaired) electrons. The minimum atomic E-state index is 0.901. The number of benzene rings is 1. The molecule has 1 rings (SSSR count). The summed E-state index contributed by atoms with van der Waals surface area (Å²) in [5, 5.41) is 0. The second kappa shape index (κ2) is 4.27. The first-order valence-corrected chi connectivity index (χ1v) is 3.74. The molecular weight excluding hydrogens is 144 g/mol. The van der Waals surface area contributed by atoms with Gasteiger partial charge in [0.15, 0.2) is 0 Å². The minimum absolute atomic E-state index is 0.901. The van der Waals surface area contributed by atoms with Gasteiger partial charge in [-0.25, -0.2) is 0 Å². The molecular formula is C12H9. The first-order valence-electron chi connectivity index (χ1n) is 3.74. The highest BCUT2D eigenvalue weighted by Crippen LogP contribution is 2.00. The van der Waals surface area contributed by atoms with Crippen molar-refractivity contribution >= 4 is 0 Å². The first kappa shape index (κ1) is 8.44. The molecule has 0 fully saturated rings. The van der Waals surface area contributed by atoms with E-state index in [0.29, 0.717) is 0 Å². The lowest BCUT2D eigenvalue weighted by Crippen LogP contribution is -1.78. The van der Waals surface area contributed by atoms with Crippen LogP contribution in [0.3, 0.4) is 0 Å². The van der Waals surface area contributed by atoms with Crippen molar-refractivity contribution in [2.45, 2.75) is 13.8 Å². The lowest BCUT2D eigenvalue weighted by Gasteiger charge is -1.89. The van der Waals surface area contributed by atoms with Crippen molar-refractivity contribution in [3.8, 4) is 23.7 Å². The van der Waals surface area contributed by atoms with Gasteiger partial charge in [0.25, 0.3) is 0 Å². The predicted molar refractivity (Wildman–Crippen MR) is 50.4 cm³/mol. The van der Waals surface area contributed by atoms with E-state index >= 15 is 0 Å². The van der Waals surface area contributed by atoms with Gasteiger partial charge >= 0.3 is 0 Å². The topological polar surface area (TPSA) is 0 Å². The lowest BCUT2D eigenvalue weighted by molar-refractivity contribution is 1.57. The molecule has 0 unspecified atom stereocenters. The monoisotopic (exact) mass is 153 g/mol. The average Bonchev–Trinajstić information content (AvgIpc) is 2.06. The minimum Gasteiger partial charge on any atom is -0.101 e. The third kappa shape index (κ3) is 2.19. The molecule has 0 aliphatic rings. The van der Waals surface area contributed by atoms with Gasteiger partial charge in [-0.3, -0.25) is 0 Å². The van der Waals surface area contributed by atoms with Crippen LogP contribution >= 0.6 is 0 Å². The highest BCUT2D eigenvalue weighted by Gasteiger charge is 1.88. The summed E-state index contributed by atoms with van der Waals surface area (Å²) in [5.74, 6) is 11.5. The van der Waals surface area contributed by atoms with E-state index in [4.69, 9.17) is 0 Å². The average molecular weight is 153 g/mol. The zero-order chi connectivity index (χ0) is 8.81. The fourth-order valence-corrected chi connectivity index (χ4v) is 0.884. The summed E-state index contributed by atoms with van der Waals surface area (Å²) >= 11 is 0. The molecule has 0 amide bonds. The molecule has 0 heteroatoms. The maximum Gasteiger partial charge on any atom is 0.0337 e. The third-order valence-electron chi connectivity index (χ3n) is 1.31. The van der Waals surface area contributed by atoms with Gasteiger partial charge < -0.3 is 0 Å². The summed E-state index contributed by atoms with van der Waals surface area (Å²) < 4.78 is 0. The van der Waals surface area contributed by atoms with Crippen LogP contribution in [0.15, 0.2) is 18.2 Å². The van der Waals surface area contributed by atoms with E-state index in [9.17, 15) is 0 Å². The molecule has 0 aliphatic heterocycles. The molecule has 0 aliphatic carbocycles. The van der Waals surface area contributed by atoms with Crippen molar-refractivity contribution in [1.82, 2.24) is 0 Å². The van der Waals surface area contributed by atoms with E-state index in [1.54, 1.807) is 0 Å². The van der Waals surface area contributed by atoms with Crippen LogP contribution in [0.1, 0.15) is 25.0 Å². The second-order valence-electron chi connectivity index (χ2n) is 2.23. The summed E-state index contributed by atoms with van der Waals surface area (Å²) in [6, 6.07) is 8.90. The van der Waals surface area contributed by atoms with E-state index in [-0.39, 0.29) is 0 Å². The highest BCUT2D eigenvalue weighted by molar-refractivity contribution is 5.41. The van der Waals surface area contributed by atoms with Crippen LogP contribution < -0.4 is 0 Å². The van der Waals surface area contributed by atoms with Crippen molar-refractivity contribution in [2.24, 2.45) is 0 Å². The maximum atomic E-state index is 3.10. The zero-order valence-electron chi connectivity index (χ0n) is 7.23. The second-order valence-corrected chi connectivity index (χ2v) is 2.23. The van der Waals surface area contributed by atoms with E-state index in [1.165, 1.54) is 0 Å². The van der Waals surface area contributed by atoms with E-state index < -0.39 is 0 Å². The van der Waals surface area contributed by atoms with E-state index in [1.807, 2.05) is 32.0 Å². The van der Waals surface area contributed by atoms with Gasteiger partial charge in [-0.2, -0.15) is 0 Å². The highest BCUT2D eigenvalue weighted by atomic mass is 13.9. The Kier molecular flexibility index (Phi) is 3.00. The van der Waals surface area contributed by atoms with Crippen LogP contribution in [-0.4, -0.2) is 0 Å². The van der Waals surface area contributed by atoms with Crippen LogP contribution in [-0.2, 0) is 0 Å². The van der Waals surface area contributed by atoms with Crippen LogP contribution in [0.5, 0.6) is 0 Å². The molecule has 1 aromatic rings. The van der Waals surface area contributed by atoms with Crippen molar-refractivity contribution in [3.63, 3.8) is 0 Å². The van der Waals surface area contributed by atoms with Crippen molar-refractivity contribution in [3.05, 3.63) is 35.4 Å². The quantitative estimate of drug-likeness (QED) is 0.501. The standard InChI is InChI=1S/C12H9/c1-3-6-11-8-5-9-12(10-11)7-4-2/h5,8-9H,1-2H3. The molecule has 0 spiro atoms. The van der Waals surface area contributed by atoms with Gasteiger partial charge in [-0.1, -0.05) is 17.9 Å². The summed E-state index contributed by atoms with van der Waals surface area (Å²) in [4.78, 5) is 0. The van der Waals surface area contributed by atoms with Gasteiger partial charge in [-0.05, 0) is 26.0 Å². The Morgan fingerprint density at radius 1 is 1.00 bits per heavy atom. The first-order chi connectivity index (χ1) is 5.86. The molecule has 0 saturated carbocycles. The Bertz CT molecular complexity index is 342. The lowest BCUT2D eigenvalue weighted by atomic mass is 10.1. The molecule has 1 aromatic carbocycles. The molecule has 0 N–H and O–H groups in total. The van der Waals surface area contributed by atoms with Crippen molar-refractivity contribution < 1.29 is 0 Å². The molecule has 0 nitrogen and oxygen atoms in total. The van der Waals surface area contributed by atoms with E-state index in [0.717, 1.165) is 11.1 Å². The maximum absolute atomic E-state index is 3.10. The summed E-state index contributed by atoms with van der Waals surface area (Å²) in [6.45, 7) is 3.62. The van der Waals surface area contributed by atoms with Gasteiger partial charge in [0.1, 0.15) is 0 Å². The SMILES string of the molecule is CC#Cc1[c]c(C#CC)ccc1. The van der Waals surface area contributed by atoms with Gasteiger partial charge in [0.2, 0.25) is 0 Å². The largest absolute Gasteiger partial charge is 0.101 e. The molecule has 12 heavy (non-hydrogen) atoms. The number of rotatable bonds is 0. The van der Waals surface area contributed by atoms with Crippen LogP contribution in [0.25, 0.3) is 0 Å². The Balaban J connectivity index is 3.06. The molecule has 0 aromatic heterocycles.